The molecule has 1 aliphatic heterocycles. The number of ether oxygens (including phenoxy) is 1. The van der Waals surface area contributed by atoms with Crippen LogP contribution in [0, 0.1) is 0 Å². The van der Waals surface area contributed by atoms with Gasteiger partial charge < -0.3 is 13.8 Å². The summed E-state index contributed by atoms with van der Waals surface area (Å²) in [7, 11) is -5.15. The maximum absolute atomic E-state index is 12.6. The van der Waals surface area contributed by atoms with E-state index in [9.17, 15) is 17.1 Å². The van der Waals surface area contributed by atoms with E-state index in [0.29, 0.717) is 13.2 Å². The van der Waals surface area contributed by atoms with Crippen LogP contribution < -0.4 is 4.18 Å². The molecule has 0 N–H and O–H groups in total. The third kappa shape index (κ3) is 4.14. The molecule has 7 nitrogen and oxygen atoms in total. The van der Waals surface area contributed by atoms with Crippen LogP contribution in [0.3, 0.4) is 0 Å². The van der Waals surface area contributed by atoms with E-state index in [-0.39, 0.29) is 29.4 Å². The minimum Gasteiger partial charge on any atom is -0.375 e. The number of amides is 1. The quantitative estimate of drug-likeness (QED) is 0.773. The standard InChI is InChI=1S/C13H17FN2O5S/c1-3-11-8-20-9(2)7-16(11)13(17)10-4-12(6-15-5-10)21-22(14,18)19/h4-6,9,11H,3,7-8H2,1-2H3. The van der Waals surface area contributed by atoms with Gasteiger partial charge in [-0.25, -0.2) is 0 Å². The van der Waals surface area contributed by atoms with Crippen molar-refractivity contribution >= 4 is 16.4 Å². The van der Waals surface area contributed by atoms with Crippen molar-refractivity contribution in [2.45, 2.75) is 32.4 Å². The Hall–Kier alpha value is -1.74. The van der Waals surface area contributed by atoms with Gasteiger partial charge in [-0.1, -0.05) is 10.8 Å². The summed E-state index contributed by atoms with van der Waals surface area (Å²) in [5.41, 5.74) is 0.133. The van der Waals surface area contributed by atoms with Crippen LogP contribution in [0.5, 0.6) is 5.75 Å². The number of halogens is 1. The Morgan fingerprint density at radius 2 is 2.27 bits per heavy atom. The van der Waals surface area contributed by atoms with Crippen molar-refractivity contribution in [3.05, 3.63) is 24.0 Å². The fraction of sp³-hybridized carbons (Fsp3) is 0.538. The highest BCUT2D eigenvalue weighted by Crippen LogP contribution is 2.20. The molecule has 2 rings (SSSR count). The van der Waals surface area contributed by atoms with Crippen molar-refractivity contribution in [3.8, 4) is 5.75 Å². The van der Waals surface area contributed by atoms with Crippen LogP contribution in [0.4, 0.5) is 3.89 Å². The molecule has 1 aliphatic rings. The van der Waals surface area contributed by atoms with Crippen LogP contribution in [-0.4, -0.2) is 49.5 Å². The molecule has 1 amide bonds. The molecule has 1 aromatic rings. The van der Waals surface area contributed by atoms with Gasteiger partial charge in [0.2, 0.25) is 0 Å². The summed E-state index contributed by atoms with van der Waals surface area (Å²) in [5, 5.41) is 0. The van der Waals surface area contributed by atoms with E-state index in [1.165, 1.54) is 6.20 Å². The first kappa shape index (κ1) is 16.6. The third-order valence-electron chi connectivity index (χ3n) is 3.36. The van der Waals surface area contributed by atoms with Crippen LogP contribution in [0.1, 0.15) is 30.6 Å². The van der Waals surface area contributed by atoms with E-state index in [4.69, 9.17) is 4.74 Å². The van der Waals surface area contributed by atoms with Gasteiger partial charge in [0.1, 0.15) is 0 Å². The molecule has 22 heavy (non-hydrogen) atoms. The summed E-state index contributed by atoms with van der Waals surface area (Å²) >= 11 is 0. The molecular formula is C13H17FN2O5S. The number of hydrogen-bond acceptors (Lipinski definition) is 6. The van der Waals surface area contributed by atoms with Crippen LogP contribution >= 0.6 is 0 Å². The molecule has 0 aliphatic carbocycles. The Morgan fingerprint density at radius 3 is 2.91 bits per heavy atom. The van der Waals surface area contributed by atoms with E-state index in [1.54, 1.807) is 4.90 Å². The topological polar surface area (TPSA) is 85.8 Å². The van der Waals surface area contributed by atoms with Gasteiger partial charge in [-0.2, -0.15) is 8.42 Å². The lowest BCUT2D eigenvalue weighted by atomic mass is 10.1. The predicted molar refractivity (Wildman–Crippen MR) is 75.4 cm³/mol. The maximum Gasteiger partial charge on any atom is 0.488 e. The Morgan fingerprint density at radius 1 is 1.55 bits per heavy atom. The van der Waals surface area contributed by atoms with E-state index in [2.05, 4.69) is 9.17 Å². The molecular weight excluding hydrogens is 315 g/mol. The monoisotopic (exact) mass is 332 g/mol. The van der Waals surface area contributed by atoms with Crippen LogP contribution in [-0.2, 0) is 15.2 Å². The number of aromatic nitrogens is 1. The van der Waals surface area contributed by atoms with Crippen molar-refractivity contribution in [2.24, 2.45) is 0 Å². The Kier molecular flexibility index (Phi) is 4.97. The number of rotatable bonds is 4. The second kappa shape index (κ2) is 6.57. The fourth-order valence-corrected chi connectivity index (χ4v) is 2.61. The first-order chi connectivity index (χ1) is 10.3. The van der Waals surface area contributed by atoms with E-state index in [1.807, 2.05) is 13.8 Å². The van der Waals surface area contributed by atoms with Gasteiger partial charge in [-0.05, 0) is 19.4 Å². The van der Waals surface area contributed by atoms with Gasteiger partial charge in [0.05, 0.1) is 30.5 Å². The second-order valence-corrected chi connectivity index (χ2v) is 6.00. The number of nitrogens with zero attached hydrogens (tertiary/aromatic N) is 2. The third-order valence-corrected chi connectivity index (χ3v) is 3.75. The minimum atomic E-state index is -5.15. The summed E-state index contributed by atoms with van der Waals surface area (Å²) in [5.74, 6) is -0.668. The highest BCUT2D eigenvalue weighted by molar-refractivity contribution is 7.81. The first-order valence-electron chi connectivity index (χ1n) is 6.82. The number of pyridine rings is 1. The average Bonchev–Trinajstić information content (AvgIpc) is 2.45. The first-order valence-corrected chi connectivity index (χ1v) is 8.12. The molecule has 1 aromatic heterocycles. The molecule has 0 bridgehead atoms. The van der Waals surface area contributed by atoms with E-state index in [0.717, 1.165) is 18.7 Å². The van der Waals surface area contributed by atoms with Gasteiger partial charge >= 0.3 is 10.5 Å². The Labute approximate surface area is 128 Å². The van der Waals surface area contributed by atoms with Gasteiger partial charge in [0.15, 0.2) is 5.75 Å². The highest BCUT2D eigenvalue weighted by Gasteiger charge is 2.30. The molecule has 1 fully saturated rings. The van der Waals surface area contributed by atoms with Crippen molar-refractivity contribution in [2.75, 3.05) is 13.2 Å². The van der Waals surface area contributed by atoms with E-state index < -0.39 is 10.5 Å². The lowest BCUT2D eigenvalue weighted by Crippen LogP contribution is -2.51. The van der Waals surface area contributed by atoms with Gasteiger partial charge in [0.25, 0.3) is 5.91 Å². The minimum absolute atomic E-state index is 0.0711. The van der Waals surface area contributed by atoms with Gasteiger partial charge in [0, 0.05) is 12.7 Å². The predicted octanol–water partition coefficient (Wildman–Crippen LogP) is 1.31. The molecule has 0 spiro atoms. The van der Waals surface area contributed by atoms with Gasteiger partial charge in [-0.3, -0.25) is 9.78 Å². The van der Waals surface area contributed by atoms with Crippen LogP contribution in [0.2, 0.25) is 0 Å². The lowest BCUT2D eigenvalue weighted by molar-refractivity contribution is -0.0444. The Bertz CT molecular complexity index is 652. The number of hydrogen-bond donors (Lipinski definition) is 0. The second-order valence-electron chi connectivity index (χ2n) is 5.05. The van der Waals surface area contributed by atoms with Gasteiger partial charge in [-0.15, -0.1) is 0 Å². The molecule has 2 atom stereocenters. The van der Waals surface area contributed by atoms with Crippen molar-refractivity contribution in [1.82, 2.24) is 9.88 Å². The fourth-order valence-electron chi connectivity index (χ4n) is 2.29. The summed E-state index contributed by atoms with van der Waals surface area (Å²) in [4.78, 5) is 17.9. The SMILES string of the molecule is CCC1COC(C)CN1C(=O)c1cncc(OS(=O)(=O)F)c1. The summed E-state index contributed by atoms with van der Waals surface area (Å²) in [6, 6.07) is 1.08. The molecule has 0 radical (unpaired) electrons. The van der Waals surface area contributed by atoms with Crippen LogP contribution in [0.25, 0.3) is 0 Å². The molecule has 9 heteroatoms. The zero-order valence-electron chi connectivity index (χ0n) is 12.2. The molecule has 2 unspecified atom stereocenters. The van der Waals surface area contributed by atoms with Crippen LogP contribution in [0.15, 0.2) is 18.5 Å². The zero-order valence-corrected chi connectivity index (χ0v) is 13.0. The number of carbonyl (C=O) groups excluding carboxylic acids is 1. The average molecular weight is 332 g/mol. The number of morpholine rings is 1. The summed E-state index contributed by atoms with van der Waals surface area (Å²) in [6.45, 7) is 4.66. The summed E-state index contributed by atoms with van der Waals surface area (Å²) in [6.07, 6.45) is 2.94. The number of carbonyl (C=O) groups is 1. The normalized spacial score (nSPS) is 22.4. The van der Waals surface area contributed by atoms with Crippen molar-refractivity contribution in [1.29, 1.82) is 0 Å². The molecule has 1 saturated heterocycles. The molecule has 2 heterocycles. The largest absolute Gasteiger partial charge is 0.488 e. The zero-order chi connectivity index (χ0) is 16.3. The maximum atomic E-state index is 12.6. The molecule has 122 valence electrons. The van der Waals surface area contributed by atoms with Crippen molar-refractivity contribution in [3.63, 3.8) is 0 Å². The van der Waals surface area contributed by atoms with Crippen molar-refractivity contribution < 1.29 is 26.0 Å². The smallest absolute Gasteiger partial charge is 0.375 e. The summed E-state index contributed by atoms with van der Waals surface area (Å²) < 4.78 is 43.2. The Balaban J connectivity index is 2.22. The highest BCUT2D eigenvalue weighted by atomic mass is 32.3. The van der Waals surface area contributed by atoms with E-state index >= 15 is 0 Å². The molecule has 0 saturated carbocycles. The molecule has 0 aromatic carbocycles. The lowest BCUT2D eigenvalue weighted by Gasteiger charge is -2.38.